The molecule has 0 radical (unpaired) electrons. The van der Waals surface area contributed by atoms with Crippen molar-refractivity contribution >= 4 is 23.6 Å². The monoisotopic (exact) mass is 310 g/mol. The minimum atomic E-state index is -0.416. The summed E-state index contributed by atoms with van der Waals surface area (Å²) >= 11 is 5.52. The Morgan fingerprint density at radius 1 is 1.24 bits per heavy atom. The zero-order chi connectivity index (χ0) is 15.1. The van der Waals surface area contributed by atoms with Crippen LogP contribution >= 0.6 is 11.6 Å². The standard InChI is InChI=1S/C15H19ClN2O3/c16-10-14(19)18-8-6-13(7-9-18)17-15(20)21-11-12-4-2-1-3-5-12/h1-5,13H,6-11H2,(H,17,20). The van der Waals surface area contributed by atoms with Gasteiger partial charge in [0.2, 0.25) is 5.91 Å². The Kier molecular flexibility index (Phi) is 5.87. The third-order valence-electron chi connectivity index (χ3n) is 3.50. The SMILES string of the molecule is O=C(NC1CCN(C(=O)CCl)CC1)OCc1ccccc1. The Balaban J connectivity index is 1.68. The average molecular weight is 311 g/mol. The second-order valence-corrected chi connectivity index (χ2v) is 5.26. The van der Waals surface area contributed by atoms with E-state index in [0.29, 0.717) is 13.1 Å². The second kappa shape index (κ2) is 7.88. The summed E-state index contributed by atoms with van der Waals surface area (Å²) in [5.74, 6) is -0.0428. The van der Waals surface area contributed by atoms with Crippen LogP contribution in [0.4, 0.5) is 4.79 Å². The highest BCUT2D eigenvalue weighted by Gasteiger charge is 2.23. The number of alkyl carbamates (subject to hydrolysis) is 1. The molecule has 5 nitrogen and oxygen atoms in total. The molecule has 1 saturated heterocycles. The lowest BCUT2D eigenvalue weighted by Gasteiger charge is -2.31. The third-order valence-corrected chi connectivity index (χ3v) is 3.73. The van der Waals surface area contributed by atoms with E-state index in [-0.39, 0.29) is 24.4 Å². The summed E-state index contributed by atoms with van der Waals surface area (Å²) < 4.78 is 5.17. The zero-order valence-electron chi connectivity index (χ0n) is 11.8. The number of alkyl halides is 1. The van der Waals surface area contributed by atoms with Gasteiger partial charge >= 0.3 is 6.09 Å². The molecule has 6 heteroatoms. The van der Waals surface area contributed by atoms with E-state index in [4.69, 9.17) is 16.3 Å². The Labute approximate surface area is 129 Å². The quantitative estimate of drug-likeness (QED) is 0.867. The largest absolute Gasteiger partial charge is 0.445 e. The van der Waals surface area contributed by atoms with Crippen LogP contribution in [-0.4, -0.2) is 41.9 Å². The highest BCUT2D eigenvalue weighted by molar-refractivity contribution is 6.27. The molecule has 21 heavy (non-hydrogen) atoms. The van der Waals surface area contributed by atoms with Gasteiger partial charge in [0.25, 0.3) is 0 Å². The van der Waals surface area contributed by atoms with Gasteiger partial charge in [-0.3, -0.25) is 4.79 Å². The summed E-state index contributed by atoms with van der Waals surface area (Å²) in [6, 6.07) is 9.58. The lowest BCUT2D eigenvalue weighted by atomic mass is 10.1. The molecule has 1 N–H and O–H groups in total. The second-order valence-electron chi connectivity index (χ2n) is 4.99. The number of nitrogens with zero attached hydrogens (tertiary/aromatic N) is 1. The fourth-order valence-corrected chi connectivity index (χ4v) is 2.46. The van der Waals surface area contributed by atoms with E-state index in [2.05, 4.69) is 5.32 Å². The number of nitrogens with one attached hydrogen (secondary N) is 1. The van der Waals surface area contributed by atoms with E-state index in [1.54, 1.807) is 4.90 Å². The summed E-state index contributed by atoms with van der Waals surface area (Å²) in [5, 5.41) is 2.83. The molecular weight excluding hydrogens is 292 g/mol. The van der Waals surface area contributed by atoms with E-state index in [9.17, 15) is 9.59 Å². The van der Waals surface area contributed by atoms with Gasteiger partial charge in [-0.2, -0.15) is 0 Å². The van der Waals surface area contributed by atoms with E-state index in [1.807, 2.05) is 30.3 Å². The predicted molar refractivity (Wildman–Crippen MR) is 80.1 cm³/mol. The van der Waals surface area contributed by atoms with Gasteiger partial charge < -0.3 is 15.0 Å². The molecule has 0 bridgehead atoms. The number of hydrogen-bond acceptors (Lipinski definition) is 3. The number of piperidine rings is 1. The van der Waals surface area contributed by atoms with Crippen LogP contribution in [0.3, 0.4) is 0 Å². The molecule has 0 unspecified atom stereocenters. The van der Waals surface area contributed by atoms with Crippen molar-refractivity contribution < 1.29 is 14.3 Å². The summed E-state index contributed by atoms with van der Waals surface area (Å²) in [6.07, 6.45) is 1.03. The van der Waals surface area contributed by atoms with Crippen molar-refractivity contribution in [3.63, 3.8) is 0 Å². The molecule has 0 saturated carbocycles. The van der Waals surface area contributed by atoms with Gasteiger partial charge in [0.05, 0.1) is 0 Å². The van der Waals surface area contributed by atoms with Crippen molar-refractivity contribution in [2.24, 2.45) is 0 Å². The lowest BCUT2D eigenvalue weighted by Crippen LogP contribution is -2.47. The minimum absolute atomic E-state index is 0.0111. The van der Waals surface area contributed by atoms with Crippen LogP contribution in [0.25, 0.3) is 0 Å². The van der Waals surface area contributed by atoms with Crippen LogP contribution in [0.15, 0.2) is 30.3 Å². The number of likely N-dealkylation sites (tertiary alicyclic amines) is 1. The Morgan fingerprint density at radius 3 is 2.52 bits per heavy atom. The third kappa shape index (κ3) is 4.93. The van der Waals surface area contributed by atoms with Crippen LogP contribution in [0.2, 0.25) is 0 Å². The Bertz CT molecular complexity index is 473. The fraction of sp³-hybridized carbons (Fsp3) is 0.467. The maximum absolute atomic E-state index is 11.7. The van der Waals surface area contributed by atoms with Gasteiger partial charge in [-0.15, -0.1) is 11.6 Å². The van der Waals surface area contributed by atoms with Crippen LogP contribution in [0, 0.1) is 0 Å². The first-order chi connectivity index (χ1) is 10.2. The molecule has 1 aliphatic heterocycles. The molecule has 1 fully saturated rings. The molecule has 2 amide bonds. The minimum Gasteiger partial charge on any atom is -0.445 e. The molecule has 0 aliphatic carbocycles. The molecule has 1 aliphatic rings. The van der Waals surface area contributed by atoms with Gasteiger partial charge in [0.1, 0.15) is 12.5 Å². The topological polar surface area (TPSA) is 58.6 Å². The van der Waals surface area contributed by atoms with Gasteiger partial charge in [-0.1, -0.05) is 30.3 Å². The molecule has 0 atom stereocenters. The van der Waals surface area contributed by atoms with Gasteiger partial charge in [0, 0.05) is 19.1 Å². The molecule has 114 valence electrons. The number of carbonyl (C=O) groups is 2. The maximum atomic E-state index is 11.7. The van der Waals surface area contributed by atoms with Crippen molar-refractivity contribution in [1.82, 2.24) is 10.2 Å². The molecule has 2 rings (SSSR count). The number of hydrogen-bond donors (Lipinski definition) is 1. The predicted octanol–water partition coefficient (Wildman–Crippen LogP) is 2.14. The first-order valence-electron chi connectivity index (χ1n) is 7.00. The van der Waals surface area contributed by atoms with Crippen molar-refractivity contribution in [3.05, 3.63) is 35.9 Å². The number of carbonyl (C=O) groups excluding carboxylic acids is 2. The maximum Gasteiger partial charge on any atom is 0.407 e. The van der Waals surface area contributed by atoms with Gasteiger partial charge in [-0.05, 0) is 18.4 Å². The van der Waals surface area contributed by atoms with Crippen molar-refractivity contribution in [3.8, 4) is 0 Å². The van der Waals surface area contributed by atoms with Crippen molar-refractivity contribution in [2.75, 3.05) is 19.0 Å². The van der Waals surface area contributed by atoms with Gasteiger partial charge in [-0.25, -0.2) is 4.79 Å². The normalized spacial score (nSPS) is 15.6. The highest BCUT2D eigenvalue weighted by atomic mass is 35.5. The summed E-state index contributed by atoms with van der Waals surface area (Å²) in [7, 11) is 0. The molecule has 1 aromatic carbocycles. The first-order valence-corrected chi connectivity index (χ1v) is 7.53. The summed E-state index contributed by atoms with van der Waals surface area (Å²) in [6.45, 7) is 1.50. The Hall–Kier alpha value is -1.75. The molecule has 1 heterocycles. The van der Waals surface area contributed by atoms with Crippen LogP contribution in [0.1, 0.15) is 18.4 Å². The fourth-order valence-electron chi connectivity index (χ4n) is 2.29. The lowest BCUT2D eigenvalue weighted by molar-refractivity contribution is -0.129. The van der Waals surface area contributed by atoms with Crippen LogP contribution in [-0.2, 0) is 16.1 Å². The number of benzene rings is 1. The molecule has 0 aromatic heterocycles. The van der Waals surface area contributed by atoms with E-state index in [1.165, 1.54) is 0 Å². The average Bonchev–Trinajstić information content (AvgIpc) is 2.54. The van der Waals surface area contributed by atoms with Crippen LogP contribution in [0.5, 0.6) is 0 Å². The molecular formula is C15H19ClN2O3. The zero-order valence-corrected chi connectivity index (χ0v) is 12.5. The van der Waals surface area contributed by atoms with E-state index < -0.39 is 6.09 Å². The van der Waals surface area contributed by atoms with Crippen molar-refractivity contribution in [1.29, 1.82) is 0 Å². The van der Waals surface area contributed by atoms with Gasteiger partial charge in [0.15, 0.2) is 0 Å². The number of amides is 2. The highest BCUT2D eigenvalue weighted by Crippen LogP contribution is 2.11. The number of ether oxygens (including phenoxy) is 1. The molecule has 0 spiro atoms. The van der Waals surface area contributed by atoms with E-state index in [0.717, 1.165) is 18.4 Å². The Morgan fingerprint density at radius 2 is 1.90 bits per heavy atom. The van der Waals surface area contributed by atoms with E-state index >= 15 is 0 Å². The first kappa shape index (κ1) is 15.6. The van der Waals surface area contributed by atoms with Crippen molar-refractivity contribution in [2.45, 2.75) is 25.5 Å². The number of halogens is 1. The van der Waals surface area contributed by atoms with Crippen LogP contribution < -0.4 is 5.32 Å². The summed E-state index contributed by atoms with van der Waals surface area (Å²) in [4.78, 5) is 24.9. The summed E-state index contributed by atoms with van der Waals surface area (Å²) in [5.41, 5.74) is 0.954. The smallest absolute Gasteiger partial charge is 0.407 e. The number of rotatable bonds is 4. The molecule has 1 aromatic rings.